The number of nitrogens with zero attached hydrogens (tertiary/aromatic N) is 2. The Bertz CT molecular complexity index is 774. The predicted octanol–water partition coefficient (Wildman–Crippen LogP) is 4.93. The molecule has 0 aromatic heterocycles. The van der Waals surface area contributed by atoms with Gasteiger partial charge in [-0.2, -0.15) is 0 Å². The molecule has 2 aromatic carbocycles. The van der Waals surface area contributed by atoms with Crippen molar-refractivity contribution in [2.24, 2.45) is 5.92 Å². The third-order valence-electron chi connectivity index (χ3n) is 5.55. The van der Waals surface area contributed by atoms with E-state index in [1.165, 1.54) is 5.56 Å². The average Bonchev–Trinajstić information content (AvgIpc) is 2.77. The Hall–Kier alpha value is -2.62. The van der Waals surface area contributed by atoms with Crippen molar-refractivity contribution in [3.63, 3.8) is 0 Å². The van der Waals surface area contributed by atoms with Crippen LogP contribution >= 0.6 is 0 Å². The van der Waals surface area contributed by atoms with E-state index in [4.69, 9.17) is 0 Å². The molecule has 0 aliphatic rings. The van der Waals surface area contributed by atoms with Crippen LogP contribution in [0.2, 0.25) is 0 Å². The molecule has 0 N–H and O–H groups in total. The van der Waals surface area contributed by atoms with Crippen LogP contribution in [0.4, 0.5) is 0 Å². The summed E-state index contributed by atoms with van der Waals surface area (Å²) in [5.74, 6) is 0.156. The predicted molar refractivity (Wildman–Crippen MR) is 123 cm³/mol. The first kappa shape index (κ1) is 23.7. The minimum absolute atomic E-state index is 0.0624. The summed E-state index contributed by atoms with van der Waals surface area (Å²) in [7, 11) is 0. The van der Waals surface area contributed by atoms with Crippen molar-refractivity contribution < 1.29 is 9.59 Å². The fourth-order valence-electron chi connectivity index (χ4n) is 3.48. The zero-order chi connectivity index (χ0) is 21.9. The van der Waals surface area contributed by atoms with E-state index in [1.807, 2.05) is 60.0 Å². The summed E-state index contributed by atoms with van der Waals surface area (Å²) in [4.78, 5) is 29.6. The zero-order valence-corrected chi connectivity index (χ0v) is 18.9. The Morgan fingerprint density at radius 1 is 0.833 bits per heavy atom. The molecule has 4 heteroatoms. The molecule has 162 valence electrons. The number of hydrogen-bond donors (Lipinski definition) is 0. The van der Waals surface area contributed by atoms with Gasteiger partial charge in [-0.1, -0.05) is 81.4 Å². The van der Waals surface area contributed by atoms with E-state index in [0.717, 1.165) is 18.4 Å². The lowest BCUT2D eigenvalue weighted by Crippen LogP contribution is -2.43. The molecule has 2 aromatic rings. The van der Waals surface area contributed by atoms with Gasteiger partial charge in [0.05, 0.1) is 0 Å². The van der Waals surface area contributed by atoms with Crippen LogP contribution in [0, 0.1) is 5.92 Å². The summed E-state index contributed by atoms with van der Waals surface area (Å²) < 4.78 is 0. The van der Waals surface area contributed by atoms with E-state index in [0.29, 0.717) is 26.1 Å². The highest BCUT2D eigenvalue weighted by Crippen LogP contribution is 2.13. The average molecular weight is 409 g/mol. The van der Waals surface area contributed by atoms with E-state index < -0.39 is 0 Å². The molecule has 0 saturated carbocycles. The van der Waals surface area contributed by atoms with Crippen LogP contribution in [0.3, 0.4) is 0 Å². The summed E-state index contributed by atoms with van der Waals surface area (Å²) in [5.41, 5.74) is 2.34. The van der Waals surface area contributed by atoms with Crippen molar-refractivity contribution >= 4 is 11.8 Å². The zero-order valence-electron chi connectivity index (χ0n) is 18.9. The van der Waals surface area contributed by atoms with Crippen LogP contribution < -0.4 is 0 Å². The number of carbonyl (C=O) groups excluding carboxylic acids is 2. The van der Waals surface area contributed by atoms with Crippen molar-refractivity contribution in [3.8, 4) is 0 Å². The molecule has 0 spiro atoms. The highest BCUT2D eigenvalue weighted by molar-refractivity contribution is 5.80. The van der Waals surface area contributed by atoms with Gasteiger partial charge in [0.15, 0.2) is 0 Å². The Labute approximate surface area is 181 Å². The second kappa shape index (κ2) is 12.2. The Kier molecular flexibility index (Phi) is 9.59. The Morgan fingerprint density at radius 2 is 1.40 bits per heavy atom. The summed E-state index contributed by atoms with van der Waals surface area (Å²) >= 11 is 0. The molecule has 0 aliphatic heterocycles. The smallest absolute Gasteiger partial charge is 0.225 e. The molecule has 0 heterocycles. The molecule has 0 bridgehead atoms. The monoisotopic (exact) mass is 408 g/mol. The molecule has 1 unspecified atom stereocenters. The lowest BCUT2D eigenvalue weighted by atomic mass is 10.1. The minimum Gasteiger partial charge on any atom is -0.339 e. The van der Waals surface area contributed by atoms with Crippen LogP contribution in [-0.2, 0) is 22.6 Å². The van der Waals surface area contributed by atoms with Crippen molar-refractivity contribution in [2.75, 3.05) is 13.1 Å². The van der Waals surface area contributed by atoms with Gasteiger partial charge < -0.3 is 9.80 Å². The van der Waals surface area contributed by atoms with E-state index in [9.17, 15) is 9.59 Å². The molecule has 30 heavy (non-hydrogen) atoms. The summed E-state index contributed by atoms with van der Waals surface area (Å²) in [6.07, 6.45) is 2.05. The topological polar surface area (TPSA) is 40.6 Å². The molecule has 0 aliphatic carbocycles. The van der Waals surface area contributed by atoms with Gasteiger partial charge in [0.1, 0.15) is 0 Å². The Balaban J connectivity index is 2.07. The maximum atomic E-state index is 13.2. The number of hydrogen-bond acceptors (Lipinski definition) is 2. The largest absolute Gasteiger partial charge is 0.339 e. The molecule has 1 atom stereocenters. The van der Waals surface area contributed by atoms with E-state index >= 15 is 0 Å². The van der Waals surface area contributed by atoms with E-state index in [-0.39, 0.29) is 23.8 Å². The van der Waals surface area contributed by atoms with Crippen molar-refractivity contribution in [3.05, 3.63) is 71.8 Å². The van der Waals surface area contributed by atoms with Gasteiger partial charge in [-0.25, -0.2) is 0 Å². The van der Waals surface area contributed by atoms with Gasteiger partial charge in [0.25, 0.3) is 0 Å². The van der Waals surface area contributed by atoms with Crippen LogP contribution in [-0.4, -0.2) is 40.7 Å². The molecule has 4 nitrogen and oxygen atoms in total. The van der Waals surface area contributed by atoms with E-state index in [1.54, 1.807) is 0 Å². The molecule has 2 rings (SSSR count). The fraction of sp³-hybridized carbons (Fsp3) is 0.462. The van der Waals surface area contributed by atoms with Crippen LogP contribution in [0.25, 0.3) is 0 Å². The van der Waals surface area contributed by atoms with Crippen LogP contribution in [0.5, 0.6) is 0 Å². The minimum atomic E-state index is -0.0624. The first-order chi connectivity index (χ1) is 14.4. The van der Waals surface area contributed by atoms with Gasteiger partial charge in [-0.05, 0) is 30.9 Å². The van der Waals surface area contributed by atoms with Crippen LogP contribution in [0.15, 0.2) is 60.7 Å². The maximum absolute atomic E-state index is 13.2. The standard InChI is InChI=1S/C26H36N2O2/c1-5-22(4)28(26(30)21(2)3)19-17-25(29)27(20-24-14-10-7-11-15-24)18-16-23-12-8-6-9-13-23/h6-15,21-22H,5,16-20H2,1-4H3. The third-order valence-corrected chi connectivity index (χ3v) is 5.55. The van der Waals surface area contributed by atoms with Gasteiger partial charge in [0, 0.05) is 38.0 Å². The molecule has 0 saturated heterocycles. The number of benzene rings is 2. The Morgan fingerprint density at radius 3 is 1.93 bits per heavy atom. The summed E-state index contributed by atoms with van der Waals surface area (Å²) in [6.45, 7) is 9.70. The highest BCUT2D eigenvalue weighted by atomic mass is 16.2. The first-order valence-corrected chi connectivity index (χ1v) is 11.1. The van der Waals surface area contributed by atoms with Crippen molar-refractivity contribution in [2.45, 2.75) is 59.5 Å². The van der Waals surface area contributed by atoms with Gasteiger partial charge in [-0.15, -0.1) is 0 Å². The fourth-order valence-corrected chi connectivity index (χ4v) is 3.48. The lowest BCUT2D eigenvalue weighted by molar-refractivity contribution is -0.138. The molecular formula is C26H36N2O2. The number of rotatable bonds is 11. The SMILES string of the molecule is CCC(C)N(CCC(=O)N(CCc1ccccc1)Cc1ccccc1)C(=O)C(C)C. The second-order valence-electron chi connectivity index (χ2n) is 8.23. The van der Waals surface area contributed by atoms with Crippen molar-refractivity contribution in [1.29, 1.82) is 0 Å². The maximum Gasteiger partial charge on any atom is 0.225 e. The quantitative estimate of drug-likeness (QED) is 0.529. The molecule has 2 amide bonds. The lowest BCUT2D eigenvalue weighted by Gasteiger charge is -2.31. The first-order valence-electron chi connectivity index (χ1n) is 11.1. The van der Waals surface area contributed by atoms with Gasteiger partial charge in [-0.3, -0.25) is 9.59 Å². The number of amides is 2. The van der Waals surface area contributed by atoms with Gasteiger partial charge >= 0.3 is 0 Å². The molecular weight excluding hydrogens is 372 g/mol. The van der Waals surface area contributed by atoms with Crippen LogP contribution in [0.1, 0.15) is 51.7 Å². The normalized spacial score (nSPS) is 11.9. The van der Waals surface area contributed by atoms with Crippen molar-refractivity contribution in [1.82, 2.24) is 9.80 Å². The highest BCUT2D eigenvalue weighted by Gasteiger charge is 2.23. The molecule has 0 fully saturated rings. The molecule has 0 radical (unpaired) electrons. The van der Waals surface area contributed by atoms with Gasteiger partial charge in [0.2, 0.25) is 11.8 Å². The third kappa shape index (κ3) is 7.33. The summed E-state index contributed by atoms with van der Waals surface area (Å²) in [6, 6.07) is 20.5. The summed E-state index contributed by atoms with van der Waals surface area (Å²) in [5, 5.41) is 0. The van der Waals surface area contributed by atoms with E-state index in [2.05, 4.69) is 38.1 Å². The second-order valence-corrected chi connectivity index (χ2v) is 8.23. The number of carbonyl (C=O) groups is 2.